The first-order valence-corrected chi connectivity index (χ1v) is 9.11. The lowest BCUT2D eigenvalue weighted by molar-refractivity contribution is -0.143. The molecule has 0 radical (unpaired) electrons. The summed E-state index contributed by atoms with van der Waals surface area (Å²) in [6, 6.07) is 6.42. The summed E-state index contributed by atoms with van der Waals surface area (Å²) in [6.07, 6.45) is 2.42. The maximum absolute atomic E-state index is 12.4. The molecular weight excluding hydrogens is 306 g/mol. The molecular formula is C15H19NO5S. The van der Waals surface area contributed by atoms with E-state index in [1.54, 1.807) is 29.2 Å². The summed E-state index contributed by atoms with van der Waals surface area (Å²) < 4.78 is 22.5. The van der Waals surface area contributed by atoms with Crippen LogP contribution in [-0.2, 0) is 20.4 Å². The van der Waals surface area contributed by atoms with Gasteiger partial charge in [-0.25, -0.2) is 8.42 Å². The van der Waals surface area contributed by atoms with Crippen molar-refractivity contribution in [2.24, 2.45) is 5.92 Å². The van der Waals surface area contributed by atoms with Crippen LogP contribution >= 0.6 is 0 Å². The molecule has 1 atom stereocenters. The molecule has 1 aliphatic heterocycles. The molecule has 22 heavy (non-hydrogen) atoms. The molecule has 120 valence electrons. The molecule has 1 saturated heterocycles. The highest BCUT2D eigenvalue weighted by Crippen LogP contribution is 2.19. The number of carbonyl (C=O) groups excluding carboxylic acids is 1. The van der Waals surface area contributed by atoms with E-state index in [4.69, 9.17) is 5.11 Å². The third kappa shape index (κ3) is 4.30. The molecule has 2 rings (SSSR count). The van der Waals surface area contributed by atoms with E-state index in [2.05, 4.69) is 0 Å². The number of hydrogen-bond acceptors (Lipinski definition) is 4. The quantitative estimate of drug-likeness (QED) is 0.897. The molecule has 0 aromatic heterocycles. The fraction of sp³-hybridized carbons (Fsp3) is 0.467. The van der Waals surface area contributed by atoms with Crippen LogP contribution in [0.2, 0.25) is 0 Å². The maximum Gasteiger partial charge on any atom is 0.308 e. The largest absolute Gasteiger partial charge is 0.481 e. The highest BCUT2D eigenvalue weighted by molar-refractivity contribution is 7.89. The predicted octanol–water partition coefficient (Wildman–Crippen LogP) is 1.17. The van der Waals surface area contributed by atoms with Crippen molar-refractivity contribution in [3.8, 4) is 0 Å². The second kappa shape index (κ2) is 6.48. The third-order valence-corrected chi connectivity index (χ3v) is 4.55. The number of piperidine rings is 1. The zero-order chi connectivity index (χ0) is 16.3. The number of likely N-dealkylation sites (tertiary alicyclic amines) is 1. The number of hydrogen-bond donors (Lipinski definition) is 1. The molecule has 0 aliphatic carbocycles. The summed E-state index contributed by atoms with van der Waals surface area (Å²) >= 11 is 0. The van der Waals surface area contributed by atoms with Gasteiger partial charge >= 0.3 is 5.97 Å². The zero-order valence-electron chi connectivity index (χ0n) is 12.4. The Morgan fingerprint density at radius 2 is 1.91 bits per heavy atom. The number of rotatable bonds is 4. The Labute approximate surface area is 129 Å². The highest BCUT2D eigenvalue weighted by Gasteiger charge is 2.28. The van der Waals surface area contributed by atoms with Gasteiger partial charge in [0.2, 0.25) is 0 Å². The molecule has 1 aromatic carbocycles. The standard InChI is InChI=1S/C15H19NO5S/c1-22(20,21)10-11-4-6-12(7-5-11)14(17)16-8-2-3-13(9-16)15(18)19/h4-7,13H,2-3,8-10H2,1H3,(H,18,19). The second-order valence-electron chi connectivity index (χ2n) is 5.70. The molecule has 1 unspecified atom stereocenters. The number of aliphatic carboxylic acids is 1. The number of amides is 1. The van der Waals surface area contributed by atoms with E-state index in [0.717, 1.165) is 6.26 Å². The van der Waals surface area contributed by atoms with Crippen LogP contribution in [0.3, 0.4) is 0 Å². The van der Waals surface area contributed by atoms with Crippen LogP contribution in [0.25, 0.3) is 0 Å². The van der Waals surface area contributed by atoms with Crippen LogP contribution in [0, 0.1) is 5.92 Å². The minimum Gasteiger partial charge on any atom is -0.481 e. The van der Waals surface area contributed by atoms with Crippen molar-refractivity contribution in [1.29, 1.82) is 0 Å². The Morgan fingerprint density at radius 1 is 1.27 bits per heavy atom. The summed E-state index contributed by atoms with van der Waals surface area (Å²) in [7, 11) is -3.11. The lowest BCUT2D eigenvalue weighted by Crippen LogP contribution is -2.42. The number of nitrogens with zero attached hydrogens (tertiary/aromatic N) is 1. The molecule has 7 heteroatoms. The minimum atomic E-state index is -3.11. The molecule has 0 bridgehead atoms. The van der Waals surface area contributed by atoms with Crippen LogP contribution < -0.4 is 0 Å². The Bertz CT molecular complexity index is 666. The van der Waals surface area contributed by atoms with Gasteiger partial charge in [0.05, 0.1) is 11.7 Å². The van der Waals surface area contributed by atoms with Crippen molar-refractivity contribution >= 4 is 21.7 Å². The Hall–Kier alpha value is -1.89. The van der Waals surface area contributed by atoms with Gasteiger partial charge in [0.25, 0.3) is 5.91 Å². The van der Waals surface area contributed by atoms with Gasteiger partial charge < -0.3 is 10.0 Å². The molecule has 0 spiro atoms. The van der Waals surface area contributed by atoms with E-state index in [9.17, 15) is 18.0 Å². The molecule has 1 fully saturated rings. The zero-order valence-corrected chi connectivity index (χ0v) is 13.2. The van der Waals surface area contributed by atoms with Gasteiger partial charge in [0.15, 0.2) is 9.84 Å². The van der Waals surface area contributed by atoms with Crippen LogP contribution in [0.4, 0.5) is 0 Å². The highest BCUT2D eigenvalue weighted by atomic mass is 32.2. The average Bonchev–Trinajstić information content (AvgIpc) is 2.46. The lowest BCUT2D eigenvalue weighted by atomic mass is 9.97. The minimum absolute atomic E-state index is 0.0632. The Morgan fingerprint density at radius 3 is 2.45 bits per heavy atom. The summed E-state index contributed by atoms with van der Waals surface area (Å²) in [5, 5.41) is 9.06. The molecule has 1 amide bonds. The van der Waals surface area contributed by atoms with Gasteiger partial charge in [-0.3, -0.25) is 9.59 Å². The van der Waals surface area contributed by atoms with Crippen LogP contribution in [0.15, 0.2) is 24.3 Å². The molecule has 1 aromatic rings. The van der Waals surface area contributed by atoms with Gasteiger partial charge in [-0.2, -0.15) is 0 Å². The number of carboxylic acid groups (broad SMARTS) is 1. The summed E-state index contributed by atoms with van der Waals surface area (Å²) in [5.74, 6) is -1.66. The van der Waals surface area contributed by atoms with Crippen LogP contribution in [-0.4, -0.2) is 49.6 Å². The van der Waals surface area contributed by atoms with Crippen molar-refractivity contribution in [3.05, 3.63) is 35.4 Å². The van der Waals surface area contributed by atoms with Crippen LogP contribution in [0.1, 0.15) is 28.8 Å². The predicted molar refractivity (Wildman–Crippen MR) is 81.3 cm³/mol. The summed E-state index contributed by atoms with van der Waals surface area (Å²) in [5.41, 5.74) is 1.07. The number of benzene rings is 1. The van der Waals surface area contributed by atoms with E-state index >= 15 is 0 Å². The molecule has 6 nitrogen and oxygen atoms in total. The van der Waals surface area contributed by atoms with E-state index in [1.807, 2.05) is 0 Å². The first-order chi connectivity index (χ1) is 10.3. The lowest BCUT2D eigenvalue weighted by Gasteiger charge is -2.30. The van der Waals surface area contributed by atoms with Crippen molar-refractivity contribution in [2.75, 3.05) is 19.3 Å². The summed E-state index contributed by atoms with van der Waals surface area (Å²) in [6.45, 7) is 0.771. The topological polar surface area (TPSA) is 91.8 Å². The average molecular weight is 325 g/mol. The number of carboxylic acids is 1. The van der Waals surface area contributed by atoms with E-state index in [0.29, 0.717) is 30.5 Å². The van der Waals surface area contributed by atoms with Gasteiger partial charge in [-0.05, 0) is 30.5 Å². The van der Waals surface area contributed by atoms with Crippen molar-refractivity contribution < 1.29 is 23.1 Å². The first-order valence-electron chi connectivity index (χ1n) is 7.05. The molecule has 0 saturated carbocycles. The fourth-order valence-corrected chi connectivity index (χ4v) is 3.39. The number of sulfone groups is 1. The van der Waals surface area contributed by atoms with Gasteiger partial charge in [0.1, 0.15) is 0 Å². The summed E-state index contributed by atoms with van der Waals surface area (Å²) in [4.78, 5) is 25.0. The van der Waals surface area contributed by atoms with Crippen molar-refractivity contribution in [3.63, 3.8) is 0 Å². The Kier molecular flexibility index (Phi) is 4.85. The third-order valence-electron chi connectivity index (χ3n) is 3.69. The normalized spacial score (nSPS) is 19.0. The SMILES string of the molecule is CS(=O)(=O)Cc1ccc(C(=O)N2CCCC(C(=O)O)C2)cc1. The van der Waals surface area contributed by atoms with E-state index < -0.39 is 21.7 Å². The van der Waals surface area contributed by atoms with Crippen LogP contribution in [0.5, 0.6) is 0 Å². The maximum atomic E-state index is 12.4. The monoisotopic (exact) mass is 325 g/mol. The fourth-order valence-electron chi connectivity index (χ4n) is 2.59. The first kappa shape index (κ1) is 16.5. The molecule has 1 heterocycles. The van der Waals surface area contributed by atoms with Gasteiger partial charge in [-0.15, -0.1) is 0 Å². The smallest absolute Gasteiger partial charge is 0.308 e. The Balaban J connectivity index is 2.08. The van der Waals surface area contributed by atoms with E-state index in [-0.39, 0.29) is 18.2 Å². The van der Waals surface area contributed by atoms with Crippen molar-refractivity contribution in [1.82, 2.24) is 4.90 Å². The molecule has 1 aliphatic rings. The van der Waals surface area contributed by atoms with E-state index in [1.165, 1.54) is 0 Å². The van der Waals surface area contributed by atoms with Crippen molar-refractivity contribution in [2.45, 2.75) is 18.6 Å². The molecule has 1 N–H and O–H groups in total. The van der Waals surface area contributed by atoms with Gasteiger partial charge in [-0.1, -0.05) is 12.1 Å². The second-order valence-corrected chi connectivity index (χ2v) is 7.84. The van der Waals surface area contributed by atoms with Gasteiger partial charge in [0, 0.05) is 24.9 Å². The number of carbonyl (C=O) groups is 2.